The van der Waals surface area contributed by atoms with Crippen LogP contribution >= 0.6 is 0 Å². The maximum absolute atomic E-state index is 13.9. The van der Waals surface area contributed by atoms with Crippen molar-refractivity contribution in [1.29, 1.82) is 0 Å². The standard InChI is InChI=1S/C30H26FN7/c31-23-7-4-6-20(13-23)24-8-5-9-26-27(24)35-30(34-26)28-25-14-22(17-33-29(25)37-36-28)21-12-19(15-32-16-21)18-38-10-2-1-3-11-38/h4-9,12-17H,1-3,10-11,18H2,(H,34,35)(H,33,36,37). The Bertz CT molecular complexity index is 1760. The van der Waals surface area contributed by atoms with Gasteiger partial charge in [-0.2, -0.15) is 5.10 Å². The fraction of sp³-hybridized carbons (Fsp3) is 0.200. The summed E-state index contributed by atoms with van der Waals surface area (Å²) >= 11 is 0. The van der Waals surface area contributed by atoms with Crippen LogP contribution in [0.15, 0.2) is 73.2 Å². The van der Waals surface area contributed by atoms with Gasteiger partial charge in [-0.05, 0) is 67.4 Å². The molecule has 0 spiro atoms. The smallest absolute Gasteiger partial charge is 0.159 e. The zero-order valence-electron chi connectivity index (χ0n) is 20.8. The number of nitrogens with zero attached hydrogens (tertiary/aromatic N) is 5. The SMILES string of the molecule is Fc1cccc(-c2cccc3[nH]c(-c4n[nH]c5ncc(-c6cncc(CN7CCCCC7)c6)cc45)nc23)c1. The van der Waals surface area contributed by atoms with Crippen molar-refractivity contribution in [3.63, 3.8) is 0 Å². The van der Waals surface area contributed by atoms with E-state index in [0.29, 0.717) is 17.2 Å². The number of aromatic nitrogens is 6. The summed E-state index contributed by atoms with van der Waals surface area (Å²) in [6, 6.07) is 16.7. The monoisotopic (exact) mass is 503 g/mol. The first kappa shape index (κ1) is 22.7. The Morgan fingerprint density at radius 2 is 1.74 bits per heavy atom. The highest BCUT2D eigenvalue weighted by Crippen LogP contribution is 2.33. The maximum Gasteiger partial charge on any atom is 0.159 e. The van der Waals surface area contributed by atoms with Crippen molar-refractivity contribution in [2.45, 2.75) is 25.8 Å². The number of benzene rings is 2. The Balaban J connectivity index is 1.26. The fourth-order valence-electron chi connectivity index (χ4n) is 5.38. The average Bonchev–Trinajstić information content (AvgIpc) is 3.57. The molecule has 2 N–H and O–H groups in total. The van der Waals surface area contributed by atoms with E-state index in [1.807, 2.05) is 42.9 Å². The highest BCUT2D eigenvalue weighted by Gasteiger charge is 2.17. The molecule has 0 bridgehead atoms. The summed E-state index contributed by atoms with van der Waals surface area (Å²) in [6.45, 7) is 3.21. The summed E-state index contributed by atoms with van der Waals surface area (Å²) in [6.07, 6.45) is 9.55. The Morgan fingerprint density at radius 3 is 2.63 bits per heavy atom. The molecule has 4 aromatic heterocycles. The van der Waals surface area contributed by atoms with Gasteiger partial charge in [0.25, 0.3) is 0 Å². The molecule has 0 aliphatic carbocycles. The van der Waals surface area contributed by atoms with Gasteiger partial charge in [-0.3, -0.25) is 15.0 Å². The topological polar surface area (TPSA) is 86.4 Å². The van der Waals surface area contributed by atoms with Gasteiger partial charge in [0, 0.05) is 41.8 Å². The Kier molecular flexibility index (Phi) is 5.66. The molecule has 7 rings (SSSR count). The number of imidazole rings is 1. The third kappa shape index (κ3) is 4.22. The van der Waals surface area contributed by atoms with Gasteiger partial charge in [0.15, 0.2) is 11.5 Å². The summed E-state index contributed by atoms with van der Waals surface area (Å²) in [7, 11) is 0. The first-order chi connectivity index (χ1) is 18.7. The lowest BCUT2D eigenvalue weighted by molar-refractivity contribution is 0.220. The molecule has 6 aromatic rings. The van der Waals surface area contributed by atoms with Crippen LogP contribution in [0.1, 0.15) is 24.8 Å². The van der Waals surface area contributed by atoms with Crippen molar-refractivity contribution in [2.24, 2.45) is 0 Å². The van der Waals surface area contributed by atoms with Crippen LogP contribution in [0.2, 0.25) is 0 Å². The van der Waals surface area contributed by atoms with Crippen molar-refractivity contribution in [3.05, 3.63) is 84.6 Å². The number of para-hydroxylation sites is 1. The van der Waals surface area contributed by atoms with Crippen molar-refractivity contribution in [1.82, 2.24) is 35.0 Å². The van der Waals surface area contributed by atoms with E-state index in [0.717, 1.165) is 58.3 Å². The Morgan fingerprint density at radius 1 is 0.868 bits per heavy atom. The van der Waals surface area contributed by atoms with Gasteiger partial charge in [0.2, 0.25) is 0 Å². The number of fused-ring (bicyclic) bond motifs is 2. The van der Waals surface area contributed by atoms with Gasteiger partial charge < -0.3 is 4.98 Å². The number of pyridine rings is 2. The second kappa shape index (κ2) is 9.46. The second-order valence-corrected chi connectivity index (χ2v) is 9.91. The van der Waals surface area contributed by atoms with E-state index in [2.05, 4.69) is 42.2 Å². The molecule has 0 amide bonds. The lowest BCUT2D eigenvalue weighted by Crippen LogP contribution is -2.29. The molecule has 5 heterocycles. The van der Waals surface area contributed by atoms with Crippen molar-refractivity contribution < 1.29 is 4.39 Å². The minimum absolute atomic E-state index is 0.276. The molecular formula is C30H26FN7. The molecule has 1 aliphatic rings. The van der Waals surface area contributed by atoms with E-state index in [-0.39, 0.29) is 5.82 Å². The van der Waals surface area contributed by atoms with Crippen LogP contribution < -0.4 is 0 Å². The Labute approximate surface area is 218 Å². The number of halogens is 1. The van der Waals surface area contributed by atoms with E-state index < -0.39 is 0 Å². The second-order valence-electron chi connectivity index (χ2n) is 9.91. The first-order valence-electron chi connectivity index (χ1n) is 13.0. The number of piperidine rings is 1. The van der Waals surface area contributed by atoms with Gasteiger partial charge in [-0.25, -0.2) is 14.4 Å². The van der Waals surface area contributed by atoms with Crippen LogP contribution in [0.5, 0.6) is 0 Å². The number of nitrogens with one attached hydrogen (secondary N) is 2. The minimum atomic E-state index is -0.276. The van der Waals surface area contributed by atoms with E-state index in [9.17, 15) is 4.39 Å². The van der Waals surface area contributed by atoms with E-state index >= 15 is 0 Å². The number of hydrogen-bond donors (Lipinski definition) is 2. The van der Waals surface area contributed by atoms with Gasteiger partial charge in [-0.15, -0.1) is 0 Å². The molecule has 1 aliphatic heterocycles. The van der Waals surface area contributed by atoms with Gasteiger partial charge >= 0.3 is 0 Å². The van der Waals surface area contributed by atoms with Crippen molar-refractivity contribution >= 4 is 22.1 Å². The van der Waals surface area contributed by atoms with E-state index in [1.165, 1.54) is 37.0 Å². The molecule has 0 radical (unpaired) electrons. The molecule has 1 fully saturated rings. The van der Waals surface area contributed by atoms with Gasteiger partial charge in [0.05, 0.1) is 16.4 Å². The van der Waals surface area contributed by atoms with Crippen molar-refractivity contribution in [3.8, 4) is 33.8 Å². The number of hydrogen-bond acceptors (Lipinski definition) is 5. The number of likely N-dealkylation sites (tertiary alicyclic amines) is 1. The molecule has 7 nitrogen and oxygen atoms in total. The summed E-state index contributed by atoms with van der Waals surface area (Å²) in [5, 5.41) is 8.45. The van der Waals surface area contributed by atoms with Crippen LogP contribution in [0.25, 0.3) is 55.8 Å². The predicted octanol–water partition coefficient (Wildman–Crippen LogP) is 6.36. The van der Waals surface area contributed by atoms with Crippen LogP contribution in [0.3, 0.4) is 0 Å². The minimum Gasteiger partial charge on any atom is -0.337 e. The third-order valence-corrected chi connectivity index (χ3v) is 7.27. The lowest BCUT2D eigenvalue weighted by atomic mass is 10.0. The molecule has 188 valence electrons. The first-order valence-corrected chi connectivity index (χ1v) is 13.0. The summed E-state index contributed by atoms with van der Waals surface area (Å²) < 4.78 is 13.9. The van der Waals surface area contributed by atoms with Crippen LogP contribution in [-0.2, 0) is 6.54 Å². The summed E-state index contributed by atoms with van der Waals surface area (Å²) in [5.41, 5.74) is 7.85. The molecule has 8 heteroatoms. The molecule has 0 saturated carbocycles. The normalized spacial score (nSPS) is 14.4. The largest absolute Gasteiger partial charge is 0.337 e. The summed E-state index contributed by atoms with van der Waals surface area (Å²) in [4.78, 5) is 19.9. The molecule has 0 unspecified atom stereocenters. The number of rotatable bonds is 5. The molecule has 0 atom stereocenters. The Hall–Kier alpha value is -4.43. The zero-order chi connectivity index (χ0) is 25.5. The maximum atomic E-state index is 13.9. The zero-order valence-corrected chi connectivity index (χ0v) is 20.8. The van der Waals surface area contributed by atoms with Crippen LogP contribution in [0.4, 0.5) is 4.39 Å². The summed E-state index contributed by atoms with van der Waals surface area (Å²) in [5.74, 6) is 0.354. The van der Waals surface area contributed by atoms with Crippen molar-refractivity contribution in [2.75, 3.05) is 13.1 Å². The number of H-pyrrole nitrogens is 2. The van der Waals surface area contributed by atoms with Gasteiger partial charge in [-0.1, -0.05) is 30.7 Å². The van der Waals surface area contributed by atoms with Crippen LogP contribution in [0, 0.1) is 5.82 Å². The lowest BCUT2D eigenvalue weighted by Gasteiger charge is -2.26. The third-order valence-electron chi connectivity index (χ3n) is 7.27. The fourth-order valence-corrected chi connectivity index (χ4v) is 5.38. The highest BCUT2D eigenvalue weighted by molar-refractivity contribution is 5.97. The highest BCUT2D eigenvalue weighted by atomic mass is 19.1. The van der Waals surface area contributed by atoms with E-state index in [4.69, 9.17) is 4.98 Å². The van der Waals surface area contributed by atoms with E-state index in [1.54, 1.807) is 6.07 Å². The predicted molar refractivity (Wildman–Crippen MR) is 147 cm³/mol. The molecular weight excluding hydrogens is 477 g/mol. The van der Waals surface area contributed by atoms with Gasteiger partial charge in [0.1, 0.15) is 11.5 Å². The number of aromatic amines is 2. The van der Waals surface area contributed by atoms with Crippen LogP contribution in [-0.4, -0.2) is 48.1 Å². The molecule has 2 aromatic carbocycles. The quantitative estimate of drug-likeness (QED) is 0.286. The molecule has 1 saturated heterocycles. The molecule has 38 heavy (non-hydrogen) atoms. The average molecular weight is 504 g/mol.